The van der Waals surface area contributed by atoms with Crippen LogP contribution in [-0.2, 0) is 6.42 Å². The van der Waals surface area contributed by atoms with Crippen LogP contribution in [0.25, 0.3) is 22.5 Å². The van der Waals surface area contributed by atoms with Gasteiger partial charge in [-0.3, -0.25) is 4.57 Å². The Morgan fingerprint density at radius 3 is 2.50 bits per heavy atom. The molecule has 8 nitrogen and oxygen atoms in total. The smallest absolute Gasteiger partial charge is 0.168 e. The Morgan fingerprint density at radius 2 is 1.78 bits per heavy atom. The molecule has 1 aromatic carbocycles. The minimum Gasteiger partial charge on any atom is -0.493 e. The zero-order valence-electron chi connectivity index (χ0n) is 18.1. The molecule has 0 unspecified atom stereocenters. The first-order valence-corrected chi connectivity index (χ1v) is 10.8. The van der Waals surface area contributed by atoms with E-state index in [4.69, 9.17) is 19.4 Å². The normalized spacial score (nSPS) is 11.4. The van der Waals surface area contributed by atoms with E-state index in [-0.39, 0.29) is 0 Å². The number of benzene rings is 1. The molecule has 0 amide bonds. The first kappa shape index (κ1) is 20.4. The molecule has 0 bridgehead atoms. The zero-order chi connectivity index (χ0) is 22.4. The molecule has 0 aliphatic rings. The van der Waals surface area contributed by atoms with Crippen LogP contribution in [0.15, 0.2) is 47.3 Å². The summed E-state index contributed by atoms with van der Waals surface area (Å²) in [5, 5.41) is 5.63. The second-order valence-corrected chi connectivity index (χ2v) is 8.40. The average molecular weight is 493 g/mol. The number of aromatic nitrogens is 6. The number of fused-ring (bicyclic) bond motifs is 3. The van der Waals surface area contributed by atoms with Crippen molar-refractivity contribution in [2.24, 2.45) is 0 Å². The molecule has 5 aromatic rings. The van der Waals surface area contributed by atoms with E-state index in [1.54, 1.807) is 31.3 Å². The van der Waals surface area contributed by atoms with Gasteiger partial charge in [0, 0.05) is 22.8 Å². The maximum Gasteiger partial charge on any atom is 0.168 e. The molecule has 0 atom stereocenters. The highest BCUT2D eigenvalue weighted by atomic mass is 79.9. The Bertz CT molecular complexity index is 1460. The number of methoxy groups -OCH3 is 2. The highest BCUT2D eigenvalue weighted by Crippen LogP contribution is 2.31. The van der Waals surface area contributed by atoms with E-state index in [2.05, 4.69) is 44.4 Å². The summed E-state index contributed by atoms with van der Waals surface area (Å²) in [6.07, 6.45) is 4.06. The van der Waals surface area contributed by atoms with Gasteiger partial charge in [-0.15, -0.1) is 5.10 Å². The third-order valence-electron chi connectivity index (χ3n) is 5.63. The predicted molar refractivity (Wildman–Crippen MR) is 125 cm³/mol. The van der Waals surface area contributed by atoms with Gasteiger partial charge >= 0.3 is 0 Å². The lowest BCUT2D eigenvalue weighted by molar-refractivity contribution is 0.354. The molecule has 0 aliphatic heterocycles. The van der Waals surface area contributed by atoms with Gasteiger partial charge in [0.1, 0.15) is 12.1 Å². The van der Waals surface area contributed by atoms with E-state index in [9.17, 15) is 0 Å². The molecule has 162 valence electrons. The number of pyridine rings is 1. The van der Waals surface area contributed by atoms with Crippen LogP contribution in [0.3, 0.4) is 0 Å². The van der Waals surface area contributed by atoms with Gasteiger partial charge < -0.3 is 9.47 Å². The van der Waals surface area contributed by atoms with Gasteiger partial charge in [-0.05, 0) is 65.2 Å². The van der Waals surface area contributed by atoms with E-state index in [0.717, 1.165) is 43.8 Å². The van der Waals surface area contributed by atoms with E-state index >= 15 is 0 Å². The summed E-state index contributed by atoms with van der Waals surface area (Å²) in [6, 6.07) is 9.77. The van der Waals surface area contributed by atoms with Gasteiger partial charge in [-0.2, -0.15) is 0 Å². The molecular formula is C23H21BrN6O2. The van der Waals surface area contributed by atoms with Gasteiger partial charge in [0.05, 0.1) is 19.6 Å². The topological polar surface area (TPSA) is 79.4 Å². The quantitative estimate of drug-likeness (QED) is 0.360. The number of rotatable bonds is 5. The highest BCUT2D eigenvalue weighted by molar-refractivity contribution is 9.10. The summed E-state index contributed by atoms with van der Waals surface area (Å²) < 4.78 is 15.5. The van der Waals surface area contributed by atoms with Gasteiger partial charge in [0.25, 0.3) is 0 Å². The van der Waals surface area contributed by atoms with Crippen LogP contribution in [0.5, 0.6) is 11.5 Å². The summed E-state index contributed by atoms with van der Waals surface area (Å²) in [5.41, 5.74) is 4.80. The molecule has 0 saturated carbocycles. The monoisotopic (exact) mass is 492 g/mol. The number of nitrogens with zero attached hydrogens (tertiary/aromatic N) is 6. The lowest BCUT2D eigenvalue weighted by atomic mass is 10.1. The van der Waals surface area contributed by atoms with Crippen molar-refractivity contribution < 1.29 is 9.47 Å². The summed E-state index contributed by atoms with van der Waals surface area (Å²) in [4.78, 5) is 14.1. The number of aryl methyl sites for hydroxylation is 1. The summed E-state index contributed by atoms with van der Waals surface area (Å²) >= 11 is 3.45. The van der Waals surface area contributed by atoms with Crippen molar-refractivity contribution in [1.29, 1.82) is 0 Å². The fourth-order valence-electron chi connectivity index (χ4n) is 3.93. The van der Waals surface area contributed by atoms with Crippen molar-refractivity contribution in [2.75, 3.05) is 14.2 Å². The van der Waals surface area contributed by atoms with Crippen LogP contribution in [-0.4, -0.2) is 43.4 Å². The minimum absolute atomic E-state index is 0.566. The molecule has 0 radical (unpaired) electrons. The third kappa shape index (κ3) is 3.29. The lowest BCUT2D eigenvalue weighted by Gasteiger charge is -2.08. The van der Waals surface area contributed by atoms with Crippen LogP contribution in [0, 0.1) is 13.8 Å². The molecular weight excluding hydrogens is 472 g/mol. The Morgan fingerprint density at radius 1 is 0.969 bits per heavy atom. The van der Waals surface area contributed by atoms with Crippen molar-refractivity contribution in [3.8, 4) is 17.3 Å². The van der Waals surface area contributed by atoms with Gasteiger partial charge in [0.2, 0.25) is 0 Å². The van der Waals surface area contributed by atoms with Crippen LogP contribution >= 0.6 is 15.9 Å². The Labute approximate surface area is 193 Å². The molecule has 5 rings (SSSR count). The molecule has 9 heteroatoms. The van der Waals surface area contributed by atoms with Crippen molar-refractivity contribution in [3.63, 3.8) is 0 Å². The van der Waals surface area contributed by atoms with E-state index < -0.39 is 0 Å². The lowest BCUT2D eigenvalue weighted by Crippen LogP contribution is -2.01. The standard InChI is InChI=1S/C23H21BrN6O2/c1-13-14(2)30(20-8-6-16(24)11-25-20)22-21(13)23-27-19(28-29(23)12-26-22)10-15-5-7-17(31-3)18(9-15)32-4/h5-9,11-12H,10H2,1-4H3. The van der Waals surface area contributed by atoms with Crippen molar-refractivity contribution in [1.82, 2.24) is 29.1 Å². The maximum atomic E-state index is 5.42. The molecule has 4 heterocycles. The average Bonchev–Trinajstić information content (AvgIpc) is 3.32. The van der Waals surface area contributed by atoms with E-state index in [1.165, 1.54) is 0 Å². The SMILES string of the molecule is COc1ccc(Cc2nc3c4c(C)c(C)n(-c5ccc(Br)cn5)c4ncn3n2)cc1OC. The Balaban J connectivity index is 1.61. The number of hydrogen-bond acceptors (Lipinski definition) is 6. The summed E-state index contributed by atoms with van der Waals surface area (Å²) in [6.45, 7) is 4.15. The highest BCUT2D eigenvalue weighted by Gasteiger charge is 2.19. The second kappa shape index (κ2) is 7.90. The molecule has 0 fully saturated rings. The largest absolute Gasteiger partial charge is 0.493 e. The van der Waals surface area contributed by atoms with Crippen LogP contribution in [0.4, 0.5) is 0 Å². The van der Waals surface area contributed by atoms with Crippen molar-refractivity contribution in [3.05, 3.63) is 70.0 Å². The molecule has 0 spiro atoms. The fourth-order valence-corrected chi connectivity index (χ4v) is 4.17. The number of hydrogen-bond donors (Lipinski definition) is 0. The van der Waals surface area contributed by atoms with Crippen LogP contribution < -0.4 is 9.47 Å². The molecule has 0 saturated heterocycles. The van der Waals surface area contributed by atoms with E-state index in [0.29, 0.717) is 23.7 Å². The summed E-state index contributed by atoms with van der Waals surface area (Å²) in [7, 11) is 3.25. The van der Waals surface area contributed by atoms with Gasteiger partial charge in [-0.25, -0.2) is 19.5 Å². The Kier molecular flexibility index (Phi) is 5.05. The zero-order valence-corrected chi connectivity index (χ0v) is 19.7. The van der Waals surface area contributed by atoms with Gasteiger partial charge in [-0.1, -0.05) is 6.07 Å². The third-order valence-corrected chi connectivity index (χ3v) is 6.10. The second-order valence-electron chi connectivity index (χ2n) is 7.49. The van der Waals surface area contributed by atoms with Crippen LogP contribution in [0.1, 0.15) is 22.6 Å². The molecule has 0 N–H and O–H groups in total. The van der Waals surface area contributed by atoms with Gasteiger partial charge in [0.15, 0.2) is 28.6 Å². The molecule has 32 heavy (non-hydrogen) atoms. The number of ether oxygens (including phenoxy) is 2. The maximum absolute atomic E-state index is 5.42. The molecule has 0 aliphatic carbocycles. The van der Waals surface area contributed by atoms with Crippen molar-refractivity contribution in [2.45, 2.75) is 20.3 Å². The summed E-state index contributed by atoms with van der Waals surface area (Å²) in [5.74, 6) is 2.89. The van der Waals surface area contributed by atoms with Crippen LogP contribution in [0.2, 0.25) is 0 Å². The molecule has 4 aromatic heterocycles. The first-order chi connectivity index (χ1) is 15.5. The Hall–Kier alpha value is -3.46. The predicted octanol–water partition coefficient (Wildman–Crippen LogP) is 4.45. The fraction of sp³-hybridized carbons (Fsp3) is 0.217. The van der Waals surface area contributed by atoms with Crippen molar-refractivity contribution >= 4 is 32.6 Å². The first-order valence-electron chi connectivity index (χ1n) is 10.0. The minimum atomic E-state index is 0.566. The number of halogens is 1. The van der Waals surface area contributed by atoms with E-state index in [1.807, 2.05) is 30.3 Å².